The van der Waals surface area contributed by atoms with Crippen LogP contribution >= 0.6 is 11.6 Å². The van der Waals surface area contributed by atoms with E-state index in [2.05, 4.69) is 16.2 Å². The number of amides is 1. The fourth-order valence-electron chi connectivity index (χ4n) is 2.81. The van der Waals surface area contributed by atoms with Crippen molar-refractivity contribution in [3.63, 3.8) is 0 Å². The van der Waals surface area contributed by atoms with E-state index in [1.54, 1.807) is 39.0 Å². The van der Waals surface area contributed by atoms with Crippen LogP contribution in [0.15, 0.2) is 18.2 Å². The molecule has 24 heavy (non-hydrogen) atoms. The molecular formula is C15H23ClN4O3S. The van der Waals surface area contributed by atoms with E-state index in [9.17, 15) is 13.2 Å². The van der Waals surface area contributed by atoms with Gasteiger partial charge in [0.15, 0.2) is 0 Å². The van der Waals surface area contributed by atoms with E-state index in [1.807, 2.05) is 0 Å². The number of hydrogen-bond donors (Lipinski definition) is 3. The minimum absolute atomic E-state index is 0.245. The van der Waals surface area contributed by atoms with Gasteiger partial charge in [0.25, 0.3) is 0 Å². The smallest absolute Gasteiger partial charge is 0.239 e. The van der Waals surface area contributed by atoms with Gasteiger partial charge in [-0.3, -0.25) is 15.6 Å². The molecule has 1 fully saturated rings. The number of nitrogens with zero attached hydrogens (tertiary/aromatic N) is 1. The van der Waals surface area contributed by atoms with Gasteiger partial charge >= 0.3 is 0 Å². The Morgan fingerprint density at radius 2 is 1.88 bits per heavy atom. The van der Waals surface area contributed by atoms with Gasteiger partial charge in [-0.1, -0.05) is 17.7 Å². The molecule has 9 heteroatoms. The zero-order valence-corrected chi connectivity index (χ0v) is 15.7. The molecule has 1 aromatic rings. The Balaban J connectivity index is 2.07. The summed E-state index contributed by atoms with van der Waals surface area (Å²) in [5, 5.41) is 2.61. The molecule has 0 aromatic heterocycles. The Morgan fingerprint density at radius 3 is 2.46 bits per heavy atom. The van der Waals surface area contributed by atoms with E-state index in [4.69, 9.17) is 11.6 Å². The van der Waals surface area contributed by atoms with E-state index >= 15 is 0 Å². The predicted octanol–water partition coefficient (Wildman–Crippen LogP) is 1.10. The molecular weight excluding hydrogens is 352 g/mol. The van der Waals surface area contributed by atoms with Crippen LogP contribution < -0.4 is 16.2 Å². The first-order valence-corrected chi connectivity index (χ1v) is 9.54. The second-order valence-corrected chi connectivity index (χ2v) is 8.70. The van der Waals surface area contributed by atoms with Crippen LogP contribution in [0.5, 0.6) is 0 Å². The van der Waals surface area contributed by atoms with Crippen LogP contribution in [-0.4, -0.2) is 49.6 Å². The van der Waals surface area contributed by atoms with Crippen molar-refractivity contribution in [3.05, 3.63) is 28.8 Å². The third-order valence-electron chi connectivity index (χ3n) is 4.21. The van der Waals surface area contributed by atoms with Crippen molar-refractivity contribution < 1.29 is 13.2 Å². The highest BCUT2D eigenvalue weighted by Gasteiger charge is 2.42. The summed E-state index contributed by atoms with van der Waals surface area (Å²) < 4.78 is 26.5. The van der Waals surface area contributed by atoms with E-state index in [-0.39, 0.29) is 18.6 Å². The molecule has 1 aliphatic rings. The van der Waals surface area contributed by atoms with Gasteiger partial charge in [-0.05, 0) is 38.5 Å². The lowest BCUT2D eigenvalue weighted by molar-refractivity contribution is -0.116. The number of nitrogens with one attached hydrogen (secondary N) is 3. The molecule has 3 N–H and O–H groups in total. The molecule has 0 spiro atoms. The molecule has 134 valence electrons. The normalized spacial score (nSPS) is 24.3. The van der Waals surface area contributed by atoms with Crippen molar-refractivity contribution in [2.24, 2.45) is 0 Å². The lowest BCUT2D eigenvalue weighted by atomic mass is 10.2. The average molecular weight is 375 g/mol. The van der Waals surface area contributed by atoms with Gasteiger partial charge in [0.2, 0.25) is 15.9 Å². The van der Waals surface area contributed by atoms with Gasteiger partial charge in [-0.2, -0.15) is 4.31 Å². The summed E-state index contributed by atoms with van der Waals surface area (Å²) >= 11 is 6.02. The monoisotopic (exact) mass is 374 g/mol. The number of carbonyl (C=O) groups is 1. The lowest BCUT2D eigenvalue weighted by Crippen LogP contribution is -2.47. The van der Waals surface area contributed by atoms with Crippen LogP contribution in [0.4, 0.5) is 5.69 Å². The van der Waals surface area contributed by atoms with E-state index in [1.165, 1.54) is 7.05 Å². The minimum Gasteiger partial charge on any atom is -0.325 e. The molecule has 1 aliphatic heterocycles. The topological polar surface area (TPSA) is 90.5 Å². The molecule has 0 saturated carbocycles. The number of anilines is 1. The Hall–Kier alpha value is -1.19. The second-order valence-electron chi connectivity index (χ2n) is 6.09. The maximum atomic E-state index is 12.7. The molecule has 1 saturated heterocycles. The zero-order chi connectivity index (χ0) is 18.1. The SMILES string of the molecule is Cc1c(Cl)cccc1NC(=O)CN(C)S(=O)(=O)C1C(C)NNC1C. The fourth-order valence-corrected chi connectivity index (χ4v) is 4.86. The third kappa shape index (κ3) is 3.89. The maximum Gasteiger partial charge on any atom is 0.239 e. The Kier molecular flexibility index (Phi) is 5.87. The van der Waals surface area contributed by atoms with Gasteiger partial charge in [0, 0.05) is 29.8 Å². The van der Waals surface area contributed by atoms with Gasteiger partial charge in [0.1, 0.15) is 5.25 Å². The summed E-state index contributed by atoms with van der Waals surface area (Å²) in [5.41, 5.74) is 7.15. The first-order valence-electron chi connectivity index (χ1n) is 7.65. The number of hydrogen-bond acceptors (Lipinski definition) is 5. The van der Waals surface area contributed by atoms with Gasteiger partial charge in [-0.15, -0.1) is 0 Å². The van der Waals surface area contributed by atoms with E-state index in [0.29, 0.717) is 10.7 Å². The van der Waals surface area contributed by atoms with Crippen LogP contribution in [0.25, 0.3) is 0 Å². The van der Waals surface area contributed by atoms with Crippen LogP contribution in [0, 0.1) is 6.92 Å². The van der Waals surface area contributed by atoms with Crippen molar-refractivity contribution in [1.82, 2.24) is 15.2 Å². The Labute approximate surface area is 147 Å². The molecule has 0 bridgehead atoms. The molecule has 1 aromatic carbocycles. The first kappa shape index (κ1) is 19.1. The summed E-state index contributed by atoms with van der Waals surface area (Å²) in [5.74, 6) is -0.411. The quantitative estimate of drug-likeness (QED) is 0.718. The highest BCUT2D eigenvalue weighted by Crippen LogP contribution is 2.23. The molecule has 7 nitrogen and oxygen atoms in total. The van der Waals surface area contributed by atoms with Crippen molar-refractivity contribution in [2.45, 2.75) is 38.1 Å². The molecule has 1 heterocycles. The lowest BCUT2D eigenvalue weighted by Gasteiger charge is -2.25. The van der Waals surface area contributed by atoms with Gasteiger partial charge in [0.05, 0.1) is 6.54 Å². The number of rotatable bonds is 5. The number of sulfonamides is 1. The van der Waals surface area contributed by atoms with Gasteiger partial charge in [-0.25, -0.2) is 8.42 Å². The molecule has 0 aliphatic carbocycles. The van der Waals surface area contributed by atoms with Crippen LogP contribution in [0.2, 0.25) is 5.02 Å². The minimum atomic E-state index is -3.62. The van der Waals surface area contributed by atoms with Crippen LogP contribution in [-0.2, 0) is 14.8 Å². The van der Waals surface area contributed by atoms with E-state index < -0.39 is 21.2 Å². The maximum absolute atomic E-state index is 12.7. The summed E-state index contributed by atoms with van der Waals surface area (Å²) in [6.45, 7) is 5.12. The number of likely N-dealkylation sites (N-methyl/N-ethyl adjacent to an activating group) is 1. The predicted molar refractivity (Wildman–Crippen MR) is 95.4 cm³/mol. The Morgan fingerprint density at radius 1 is 1.29 bits per heavy atom. The summed E-state index contributed by atoms with van der Waals surface area (Å²) in [6.07, 6.45) is 0. The highest BCUT2D eigenvalue weighted by molar-refractivity contribution is 7.89. The highest BCUT2D eigenvalue weighted by atomic mass is 35.5. The van der Waals surface area contributed by atoms with Crippen molar-refractivity contribution in [2.75, 3.05) is 18.9 Å². The van der Waals surface area contributed by atoms with Crippen molar-refractivity contribution in [1.29, 1.82) is 0 Å². The van der Waals surface area contributed by atoms with Crippen molar-refractivity contribution >= 4 is 33.2 Å². The fraction of sp³-hybridized carbons (Fsp3) is 0.533. The Bertz CT molecular complexity index is 715. The molecule has 2 atom stereocenters. The van der Waals surface area contributed by atoms with Crippen LogP contribution in [0.1, 0.15) is 19.4 Å². The molecule has 2 unspecified atom stereocenters. The van der Waals surface area contributed by atoms with Crippen LogP contribution in [0.3, 0.4) is 0 Å². The van der Waals surface area contributed by atoms with Crippen molar-refractivity contribution in [3.8, 4) is 0 Å². The summed E-state index contributed by atoms with van der Waals surface area (Å²) in [7, 11) is -2.21. The average Bonchev–Trinajstić information content (AvgIpc) is 2.83. The first-order chi connectivity index (χ1) is 11.1. The van der Waals surface area contributed by atoms with Gasteiger partial charge < -0.3 is 5.32 Å². The standard InChI is InChI=1S/C15H23ClN4O3S/c1-9-12(16)6-5-7-13(9)17-14(21)8-20(4)24(22,23)15-10(2)18-19-11(15)3/h5-7,10-11,15,18-19H,8H2,1-4H3,(H,17,21). The second kappa shape index (κ2) is 7.37. The summed E-state index contributed by atoms with van der Waals surface area (Å²) in [4.78, 5) is 12.2. The molecule has 1 amide bonds. The number of carbonyl (C=O) groups excluding carboxylic acids is 1. The number of halogens is 1. The zero-order valence-electron chi connectivity index (χ0n) is 14.1. The molecule has 2 rings (SSSR count). The summed E-state index contributed by atoms with van der Waals surface area (Å²) in [6, 6.07) is 4.69. The molecule has 0 radical (unpaired) electrons. The largest absolute Gasteiger partial charge is 0.325 e. The number of benzene rings is 1. The van der Waals surface area contributed by atoms with E-state index in [0.717, 1.165) is 9.87 Å². The number of hydrazine groups is 1. The third-order valence-corrected chi connectivity index (χ3v) is 7.12.